The van der Waals surface area contributed by atoms with E-state index in [1.807, 2.05) is 4.72 Å². The number of sulfonamides is 2. The first kappa shape index (κ1) is 17.4. The molecule has 0 bridgehead atoms. The number of nitrogens with one attached hydrogen (secondary N) is 2. The number of hydrogen-bond acceptors (Lipinski definition) is 5. The third-order valence-electron chi connectivity index (χ3n) is 2.67. The maximum absolute atomic E-state index is 12.3. The first-order valence-corrected chi connectivity index (χ1v) is 9.91. The summed E-state index contributed by atoms with van der Waals surface area (Å²) >= 11 is 5.73. The molecular formula is C13H13ClN2O5S2. The van der Waals surface area contributed by atoms with Crippen LogP contribution in [0.1, 0.15) is 0 Å². The summed E-state index contributed by atoms with van der Waals surface area (Å²) < 4.78 is 51.5. The van der Waals surface area contributed by atoms with Crippen molar-refractivity contribution in [3.8, 4) is 5.75 Å². The molecule has 0 amide bonds. The van der Waals surface area contributed by atoms with Crippen molar-refractivity contribution in [3.05, 3.63) is 47.5 Å². The number of anilines is 2. The summed E-state index contributed by atoms with van der Waals surface area (Å²) in [6.07, 6.45) is 0.888. The zero-order valence-corrected chi connectivity index (χ0v) is 14.2. The Bertz CT molecular complexity index is 925. The minimum absolute atomic E-state index is 0.212. The van der Waals surface area contributed by atoms with Gasteiger partial charge in [-0.1, -0.05) is 11.6 Å². The first-order chi connectivity index (χ1) is 10.6. The second-order valence-corrected chi connectivity index (χ2v) is 8.53. The molecule has 0 fully saturated rings. The molecule has 23 heavy (non-hydrogen) atoms. The van der Waals surface area contributed by atoms with Crippen LogP contribution in [0.5, 0.6) is 5.75 Å². The SMILES string of the molecule is CS(=O)(=O)Nc1cc(S(=O)(=O)Nc2ccc(Cl)cc2)ccc1O. The summed E-state index contributed by atoms with van der Waals surface area (Å²) in [6.45, 7) is 0. The molecule has 2 rings (SSSR count). The Morgan fingerprint density at radius 2 is 1.57 bits per heavy atom. The number of hydrogen-bond donors (Lipinski definition) is 3. The fraction of sp³-hybridized carbons (Fsp3) is 0.0769. The van der Waals surface area contributed by atoms with Crippen LogP contribution in [0.15, 0.2) is 47.4 Å². The zero-order valence-electron chi connectivity index (χ0n) is 11.8. The van der Waals surface area contributed by atoms with Gasteiger partial charge in [0.25, 0.3) is 10.0 Å². The van der Waals surface area contributed by atoms with E-state index >= 15 is 0 Å². The molecule has 0 saturated carbocycles. The fourth-order valence-corrected chi connectivity index (χ4v) is 3.47. The van der Waals surface area contributed by atoms with Crippen molar-refractivity contribution in [2.45, 2.75) is 4.90 Å². The molecule has 0 unspecified atom stereocenters. The molecular weight excluding hydrogens is 364 g/mol. The van der Waals surface area contributed by atoms with Gasteiger partial charge >= 0.3 is 0 Å². The number of halogens is 1. The van der Waals surface area contributed by atoms with Crippen LogP contribution in [0.3, 0.4) is 0 Å². The summed E-state index contributed by atoms with van der Waals surface area (Å²) in [5.74, 6) is -0.388. The van der Waals surface area contributed by atoms with Crippen molar-refractivity contribution in [1.82, 2.24) is 0 Å². The quantitative estimate of drug-likeness (QED) is 0.692. The summed E-state index contributed by atoms with van der Waals surface area (Å²) in [5, 5.41) is 10.1. The molecule has 2 aromatic carbocycles. The highest BCUT2D eigenvalue weighted by molar-refractivity contribution is 7.93. The van der Waals surface area contributed by atoms with Crippen molar-refractivity contribution in [3.63, 3.8) is 0 Å². The van der Waals surface area contributed by atoms with Crippen LogP contribution in [-0.4, -0.2) is 28.2 Å². The Labute approximate surface area is 139 Å². The third kappa shape index (κ3) is 4.75. The number of benzene rings is 2. The Morgan fingerprint density at radius 3 is 2.13 bits per heavy atom. The Kier molecular flexibility index (Phi) is 4.73. The highest BCUT2D eigenvalue weighted by Crippen LogP contribution is 2.28. The van der Waals surface area contributed by atoms with Crippen LogP contribution >= 0.6 is 11.6 Å². The Morgan fingerprint density at radius 1 is 0.957 bits per heavy atom. The molecule has 0 aliphatic heterocycles. The highest BCUT2D eigenvalue weighted by atomic mass is 35.5. The van der Waals surface area contributed by atoms with Gasteiger partial charge in [-0.05, 0) is 42.5 Å². The standard InChI is InChI=1S/C13H13ClN2O5S2/c1-22(18,19)16-12-8-11(6-7-13(12)17)23(20,21)15-10-4-2-9(14)3-5-10/h2-8,15-17H,1H3. The van der Waals surface area contributed by atoms with Gasteiger partial charge in [0.2, 0.25) is 10.0 Å². The maximum atomic E-state index is 12.3. The molecule has 124 valence electrons. The van der Waals surface area contributed by atoms with Gasteiger partial charge in [0.15, 0.2) is 0 Å². The van der Waals surface area contributed by atoms with E-state index in [0.29, 0.717) is 10.7 Å². The molecule has 0 radical (unpaired) electrons. The van der Waals surface area contributed by atoms with Gasteiger partial charge in [-0.3, -0.25) is 9.44 Å². The van der Waals surface area contributed by atoms with Gasteiger partial charge < -0.3 is 5.11 Å². The molecule has 10 heteroatoms. The molecule has 3 N–H and O–H groups in total. The highest BCUT2D eigenvalue weighted by Gasteiger charge is 2.17. The van der Waals surface area contributed by atoms with E-state index in [-0.39, 0.29) is 16.3 Å². The van der Waals surface area contributed by atoms with Gasteiger partial charge in [0, 0.05) is 10.7 Å². The van der Waals surface area contributed by atoms with Crippen molar-refractivity contribution < 1.29 is 21.9 Å². The maximum Gasteiger partial charge on any atom is 0.261 e. The van der Waals surface area contributed by atoms with E-state index in [9.17, 15) is 21.9 Å². The fourth-order valence-electron chi connectivity index (χ4n) is 1.70. The smallest absolute Gasteiger partial charge is 0.261 e. The van der Waals surface area contributed by atoms with Gasteiger partial charge in [-0.25, -0.2) is 16.8 Å². The Balaban J connectivity index is 2.36. The van der Waals surface area contributed by atoms with E-state index in [1.54, 1.807) is 0 Å². The van der Waals surface area contributed by atoms with Crippen molar-refractivity contribution in [2.75, 3.05) is 15.7 Å². The monoisotopic (exact) mass is 376 g/mol. The van der Waals surface area contributed by atoms with Crippen LogP contribution in [0, 0.1) is 0 Å². The number of phenolic OH excluding ortho intramolecular Hbond substituents is 1. The topological polar surface area (TPSA) is 113 Å². The molecule has 0 saturated heterocycles. The molecule has 0 aliphatic carbocycles. The molecule has 0 spiro atoms. The molecule has 2 aromatic rings. The summed E-state index contributed by atoms with van der Waals surface area (Å²) in [4.78, 5) is -0.212. The normalized spacial score (nSPS) is 11.9. The molecule has 0 aliphatic rings. The van der Waals surface area contributed by atoms with Crippen LogP contribution in [0.2, 0.25) is 5.02 Å². The van der Waals surface area contributed by atoms with E-state index in [0.717, 1.165) is 24.5 Å². The van der Waals surface area contributed by atoms with Crippen LogP contribution in [-0.2, 0) is 20.0 Å². The average molecular weight is 377 g/mol. The molecule has 0 atom stereocenters. The van der Waals surface area contributed by atoms with Crippen molar-refractivity contribution >= 4 is 43.0 Å². The first-order valence-electron chi connectivity index (χ1n) is 6.16. The number of aromatic hydroxyl groups is 1. The van der Waals surface area contributed by atoms with Crippen molar-refractivity contribution in [1.29, 1.82) is 0 Å². The predicted molar refractivity (Wildman–Crippen MR) is 88.8 cm³/mol. The van der Waals surface area contributed by atoms with Gasteiger partial charge in [-0.15, -0.1) is 0 Å². The largest absolute Gasteiger partial charge is 0.506 e. The second-order valence-electron chi connectivity index (χ2n) is 4.67. The minimum Gasteiger partial charge on any atom is -0.506 e. The summed E-state index contributed by atoms with van der Waals surface area (Å²) in [7, 11) is -7.63. The lowest BCUT2D eigenvalue weighted by molar-refractivity contribution is 0.477. The second kappa shape index (κ2) is 6.26. The summed E-state index contributed by atoms with van der Waals surface area (Å²) in [5.41, 5.74) is 0.0616. The van der Waals surface area contributed by atoms with Crippen LogP contribution in [0.25, 0.3) is 0 Å². The summed E-state index contributed by atoms with van der Waals surface area (Å²) in [6, 6.07) is 9.27. The zero-order chi connectivity index (χ0) is 17.3. The van der Waals surface area contributed by atoms with E-state index in [1.165, 1.54) is 24.3 Å². The average Bonchev–Trinajstić information content (AvgIpc) is 2.42. The van der Waals surface area contributed by atoms with E-state index in [4.69, 9.17) is 11.6 Å². The van der Waals surface area contributed by atoms with Gasteiger partial charge in [0.05, 0.1) is 16.8 Å². The molecule has 0 aromatic heterocycles. The lowest BCUT2D eigenvalue weighted by atomic mass is 10.3. The minimum atomic E-state index is -3.96. The molecule has 7 nitrogen and oxygen atoms in total. The lowest BCUT2D eigenvalue weighted by Crippen LogP contribution is -2.14. The van der Waals surface area contributed by atoms with Gasteiger partial charge in [0.1, 0.15) is 5.75 Å². The number of phenols is 1. The van der Waals surface area contributed by atoms with Crippen LogP contribution < -0.4 is 9.44 Å². The van der Waals surface area contributed by atoms with Gasteiger partial charge in [-0.2, -0.15) is 0 Å². The van der Waals surface area contributed by atoms with E-state index in [2.05, 4.69) is 4.72 Å². The van der Waals surface area contributed by atoms with Crippen molar-refractivity contribution in [2.24, 2.45) is 0 Å². The van der Waals surface area contributed by atoms with Crippen LogP contribution in [0.4, 0.5) is 11.4 Å². The lowest BCUT2D eigenvalue weighted by Gasteiger charge is -2.11. The third-order valence-corrected chi connectivity index (χ3v) is 4.89. The predicted octanol–water partition coefficient (Wildman–Crippen LogP) is 2.22. The molecule has 0 heterocycles. The number of rotatable bonds is 5. The van der Waals surface area contributed by atoms with E-state index < -0.39 is 20.0 Å². The Hall–Kier alpha value is -1.97.